The zero-order valence-electron chi connectivity index (χ0n) is 13.0. The summed E-state index contributed by atoms with van der Waals surface area (Å²) in [5, 5.41) is 5.86. The van der Waals surface area contributed by atoms with Crippen LogP contribution in [-0.4, -0.2) is 18.4 Å². The van der Waals surface area contributed by atoms with Crippen LogP contribution >= 0.6 is 0 Å². The summed E-state index contributed by atoms with van der Waals surface area (Å²) in [6, 6.07) is 15.7. The van der Waals surface area contributed by atoms with Gasteiger partial charge in [0, 0.05) is 25.1 Å². The summed E-state index contributed by atoms with van der Waals surface area (Å²) in [5.74, 6) is -0.0144. The van der Waals surface area contributed by atoms with Gasteiger partial charge in [0.1, 0.15) is 0 Å². The first-order chi connectivity index (χ1) is 11.2. The number of fused-ring (bicyclic) bond motifs is 5. The van der Waals surface area contributed by atoms with Gasteiger partial charge in [0.05, 0.1) is 0 Å². The van der Waals surface area contributed by atoms with E-state index in [1.165, 1.54) is 0 Å². The van der Waals surface area contributed by atoms with Crippen LogP contribution in [0.3, 0.4) is 0 Å². The van der Waals surface area contributed by atoms with Crippen molar-refractivity contribution in [2.24, 2.45) is 0 Å². The van der Waals surface area contributed by atoms with Gasteiger partial charge >= 0.3 is 0 Å². The van der Waals surface area contributed by atoms with Gasteiger partial charge in [-0.3, -0.25) is 9.59 Å². The Morgan fingerprint density at radius 2 is 1.52 bits per heavy atom. The highest BCUT2D eigenvalue weighted by Gasteiger charge is 2.09. The Kier molecular flexibility index (Phi) is 4.71. The van der Waals surface area contributed by atoms with E-state index in [1.54, 1.807) is 0 Å². The molecule has 0 aliphatic carbocycles. The fourth-order valence-electron chi connectivity index (χ4n) is 2.70. The Morgan fingerprint density at radius 1 is 0.783 bits per heavy atom. The van der Waals surface area contributed by atoms with Crippen LogP contribution in [0.25, 0.3) is 11.1 Å². The standard InChI is InChI=1S/C19H20N2O2/c22-18-9-1-2-10-20-19(23)17-8-4-7-16(12-17)15-6-3-5-14(11-15)13-21-18/h3-8,11-12H,1-2,9-10,13H2,(H,20,23)(H,21,22). The summed E-state index contributed by atoms with van der Waals surface area (Å²) in [6.45, 7) is 1.12. The van der Waals surface area contributed by atoms with Gasteiger partial charge in [-0.1, -0.05) is 30.3 Å². The number of carbonyl (C=O) groups excluding carboxylic acids is 2. The lowest BCUT2D eigenvalue weighted by Gasteiger charge is -2.08. The monoisotopic (exact) mass is 308 g/mol. The average Bonchev–Trinajstić information content (AvgIpc) is 2.59. The van der Waals surface area contributed by atoms with E-state index in [0.29, 0.717) is 25.1 Å². The number of hydrogen-bond acceptors (Lipinski definition) is 2. The van der Waals surface area contributed by atoms with Gasteiger partial charge in [0.15, 0.2) is 0 Å². The van der Waals surface area contributed by atoms with E-state index in [1.807, 2.05) is 42.5 Å². The van der Waals surface area contributed by atoms with Crippen LogP contribution in [0.1, 0.15) is 35.2 Å². The van der Waals surface area contributed by atoms with E-state index in [0.717, 1.165) is 29.5 Å². The summed E-state index contributed by atoms with van der Waals surface area (Å²) in [4.78, 5) is 24.0. The average molecular weight is 308 g/mol. The molecule has 0 aromatic heterocycles. The number of carbonyl (C=O) groups is 2. The molecule has 3 rings (SSSR count). The Bertz CT molecular complexity index is 725. The van der Waals surface area contributed by atoms with Crippen LogP contribution < -0.4 is 10.6 Å². The molecule has 0 unspecified atom stereocenters. The molecule has 4 heteroatoms. The number of hydrogen-bond donors (Lipinski definition) is 2. The lowest BCUT2D eigenvalue weighted by Crippen LogP contribution is -2.25. The minimum atomic E-state index is -0.0673. The van der Waals surface area contributed by atoms with Crippen molar-refractivity contribution in [1.29, 1.82) is 0 Å². The Hall–Kier alpha value is -2.62. The Balaban J connectivity index is 1.94. The van der Waals surface area contributed by atoms with Crippen molar-refractivity contribution in [2.75, 3.05) is 6.54 Å². The van der Waals surface area contributed by atoms with Crippen molar-refractivity contribution in [3.63, 3.8) is 0 Å². The van der Waals surface area contributed by atoms with E-state index < -0.39 is 0 Å². The topological polar surface area (TPSA) is 58.2 Å². The predicted octanol–water partition coefficient (Wildman–Crippen LogP) is 2.88. The van der Waals surface area contributed by atoms with Crippen molar-refractivity contribution in [3.05, 3.63) is 59.7 Å². The fraction of sp³-hybridized carbons (Fsp3) is 0.263. The molecule has 2 N–H and O–H groups in total. The van der Waals surface area contributed by atoms with Crippen molar-refractivity contribution >= 4 is 11.8 Å². The third kappa shape index (κ3) is 3.97. The first-order valence-corrected chi connectivity index (χ1v) is 7.97. The normalized spacial score (nSPS) is 15.8. The summed E-state index contributed by atoms with van der Waals surface area (Å²) in [5.41, 5.74) is 3.76. The minimum Gasteiger partial charge on any atom is -0.352 e. The molecule has 0 saturated heterocycles. The molecule has 1 aliphatic heterocycles. The third-order valence-electron chi connectivity index (χ3n) is 3.99. The Labute approximate surface area is 135 Å². The van der Waals surface area contributed by atoms with Crippen LogP contribution in [0, 0.1) is 0 Å². The number of rotatable bonds is 0. The molecule has 2 aromatic carbocycles. The smallest absolute Gasteiger partial charge is 0.251 e. The number of amides is 2. The lowest BCUT2D eigenvalue weighted by molar-refractivity contribution is -0.121. The summed E-state index contributed by atoms with van der Waals surface area (Å²) >= 11 is 0. The van der Waals surface area contributed by atoms with E-state index >= 15 is 0 Å². The highest BCUT2D eigenvalue weighted by atomic mass is 16.2. The summed E-state index contributed by atoms with van der Waals surface area (Å²) in [6.07, 6.45) is 2.06. The highest BCUT2D eigenvalue weighted by molar-refractivity contribution is 5.95. The van der Waals surface area contributed by atoms with Crippen molar-refractivity contribution < 1.29 is 9.59 Å². The molecule has 0 fully saturated rings. The first kappa shape index (κ1) is 15.3. The second kappa shape index (κ2) is 7.09. The van der Waals surface area contributed by atoms with Crippen molar-refractivity contribution in [2.45, 2.75) is 25.8 Å². The van der Waals surface area contributed by atoms with Crippen LogP contribution in [0.2, 0.25) is 0 Å². The maximum absolute atomic E-state index is 12.2. The molecule has 0 atom stereocenters. The summed E-state index contributed by atoms with van der Waals surface area (Å²) < 4.78 is 0. The molecule has 2 aromatic rings. The largest absolute Gasteiger partial charge is 0.352 e. The molecule has 2 amide bonds. The lowest BCUT2D eigenvalue weighted by atomic mass is 10.0. The number of nitrogens with one attached hydrogen (secondary N) is 2. The molecular weight excluding hydrogens is 288 g/mol. The highest BCUT2D eigenvalue weighted by Crippen LogP contribution is 2.22. The molecule has 0 spiro atoms. The molecule has 4 bridgehead atoms. The molecule has 0 radical (unpaired) electrons. The van der Waals surface area contributed by atoms with Gasteiger partial charge in [-0.15, -0.1) is 0 Å². The third-order valence-corrected chi connectivity index (χ3v) is 3.99. The van der Waals surface area contributed by atoms with E-state index in [-0.39, 0.29) is 11.8 Å². The Morgan fingerprint density at radius 3 is 2.39 bits per heavy atom. The second-order valence-corrected chi connectivity index (χ2v) is 5.77. The first-order valence-electron chi connectivity index (χ1n) is 7.97. The molecule has 1 heterocycles. The van der Waals surface area contributed by atoms with Gasteiger partial charge < -0.3 is 10.6 Å². The van der Waals surface area contributed by atoms with Gasteiger partial charge in [-0.25, -0.2) is 0 Å². The van der Waals surface area contributed by atoms with Gasteiger partial charge in [-0.2, -0.15) is 0 Å². The van der Waals surface area contributed by atoms with Crippen LogP contribution in [0.5, 0.6) is 0 Å². The maximum atomic E-state index is 12.2. The quantitative estimate of drug-likeness (QED) is 0.786. The molecular formula is C19H20N2O2. The minimum absolute atomic E-state index is 0.0529. The number of benzene rings is 2. The van der Waals surface area contributed by atoms with Crippen LogP contribution in [0.15, 0.2) is 48.5 Å². The van der Waals surface area contributed by atoms with Crippen LogP contribution in [0.4, 0.5) is 0 Å². The van der Waals surface area contributed by atoms with Gasteiger partial charge in [0.2, 0.25) is 5.91 Å². The molecule has 4 nitrogen and oxygen atoms in total. The van der Waals surface area contributed by atoms with Crippen molar-refractivity contribution in [1.82, 2.24) is 10.6 Å². The van der Waals surface area contributed by atoms with E-state index in [9.17, 15) is 9.59 Å². The molecule has 118 valence electrons. The zero-order chi connectivity index (χ0) is 16.1. The summed E-state index contributed by atoms with van der Waals surface area (Å²) in [7, 11) is 0. The maximum Gasteiger partial charge on any atom is 0.251 e. The second-order valence-electron chi connectivity index (χ2n) is 5.77. The molecule has 0 saturated carbocycles. The fourth-order valence-corrected chi connectivity index (χ4v) is 2.70. The van der Waals surface area contributed by atoms with E-state index in [2.05, 4.69) is 16.7 Å². The predicted molar refractivity (Wildman–Crippen MR) is 89.9 cm³/mol. The molecule has 23 heavy (non-hydrogen) atoms. The van der Waals surface area contributed by atoms with E-state index in [4.69, 9.17) is 0 Å². The zero-order valence-corrected chi connectivity index (χ0v) is 13.0. The SMILES string of the molecule is O=C1CCCCNC(=O)c2cccc(c2)-c2cccc(c2)CN1. The van der Waals surface area contributed by atoms with Crippen molar-refractivity contribution in [3.8, 4) is 11.1 Å². The van der Waals surface area contributed by atoms with Gasteiger partial charge in [0.25, 0.3) is 5.91 Å². The van der Waals surface area contributed by atoms with Gasteiger partial charge in [-0.05, 0) is 47.7 Å². The molecule has 1 aliphatic rings. The van der Waals surface area contributed by atoms with Crippen LogP contribution in [-0.2, 0) is 11.3 Å².